The van der Waals surface area contributed by atoms with Crippen molar-refractivity contribution in [2.45, 2.75) is 20.4 Å². The molecule has 0 aliphatic carbocycles. The molecule has 134 valence electrons. The van der Waals surface area contributed by atoms with Crippen molar-refractivity contribution in [3.05, 3.63) is 88.2 Å². The number of rotatable bonds is 3. The molecule has 1 amide bonds. The minimum Gasteiger partial charge on any atom is -0.325 e. The lowest BCUT2D eigenvalue weighted by molar-refractivity contribution is -0.116. The Kier molecular flexibility index (Phi) is 4.24. The molecule has 0 radical (unpaired) electrons. The van der Waals surface area contributed by atoms with Gasteiger partial charge in [-0.1, -0.05) is 48.5 Å². The lowest BCUT2D eigenvalue weighted by Gasteiger charge is -2.14. The van der Waals surface area contributed by atoms with Crippen LogP contribution in [0.25, 0.3) is 21.7 Å². The van der Waals surface area contributed by atoms with Crippen LogP contribution in [0.2, 0.25) is 0 Å². The predicted molar refractivity (Wildman–Crippen MR) is 110 cm³/mol. The molecule has 0 saturated heterocycles. The monoisotopic (exact) mass is 356 g/mol. The van der Waals surface area contributed by atoms with Crippen molar-refractivity contribution in [2.75, 3.05) is 5.32 Å². The molecule has 0 bridgehead atoms. The summed E-state index contributed by atoms with van der Waals surface area (Å²) in [6.45, 7) is 3.86. The second kappa shape index (κ2) is 6.72. The maximum atomic E-state index is 12.6. The van der Waals surface area contributed by atoms with Crippen LogP contribution in [0, 0.1) is 13.8 Å². The zero-order valence-electron chi connectivity index (χ0n) is 15.3. The van der Waals surface area contributed by atoms with Gasteiger partial charge in [0, 0.05) is 17.1 Å². The van der Waals surface area contributed by atoms with E-state index in [0.29, 0.717) is 0 Å². The average molecular weight is 356 g/mol. The number of carbonyl (C=O) groups is 1. The molecule has 0 unspecified atom stereocenters. The molecule has 1 N–H and O–H groups in total. The number of hydrogen-bond acceptors (Lipinski definition) is 2. The van der Waals surface area contributed by atoms with Crippen LogP contribution >= 0.6 is 0 Å². The lowest BCUT2D eigenvalue weighted by Crippen LogP contribution is -2.28. The van der Waals surface area contributed by atoms with Gasteiger partial charge < -0.3 is 5.32 Å². The molecular formula is C23H20N2O2. The van der Waals surface area contributed by atoms with E-state index < -0.39 is 0 Å². The molecule has 4 aromatic rings. The Bertz CT molecular complexity index is 1240. The van der Waals surface area contributed by atoms with Crippen molar-refractivity contribution in [2.24, 2.45) is 0 Å². The molecule has 1 aromatic heterocycles. The van der Waals surface area contributed by atoms with E-state index in [1.165, 1.54) is 0 Å². The topological polar surface area (TPSA) is 51.1 Å². The number of aromatic nitrogens is 1. The molecule has 1 heterocycles. The molecule has 0 aliphatic heterocycles. The summed E-state index contributed by atoms with van der Waals surface area (Å²) in [6, 6.07) is 21.3. The van der Waals surface area contributed by atoms with Crippen molar-refractivity contribution in [3.8, 4) is 0 Å². The molecule has 27 heavy (non-hydrogen) atoms. The van der Waals surface area contributed by atoms with Gasteiger partial charge in [0.15, 0.2) is 0 Å². The summed E-state index contributed by atoms with van der Waals surface area (Å²) in [5.41, 5.74) is 3.27. The number of hydrogen-bond donors (Lipinski definition) is 1. The second-order valence-corrected chi connectivity index (χ2v) is 6.83. The Balaban J connectivity index is 1.67. The van der Waals surface area contributed by atoms with Gasteiger partial charge in [0.1, 0.15) is 6.54 Å². The van der Waals surface area contributed by atoms with Crippen LogP contribution < -0.4 is 10.9 Å². The number of benzene rings is 3. The summed E-state index contributed by atoms with van der Waals surface area (Å²) >= 11 is 0. The van der Waals surface area contributed by atoms with Gasteiger partial charge in [-0.15, -0.1) is 0 Å². The highest BCUT2D eigenvalue weighted by molar-refractivity contribution is 5.95. The first kappa shape index (κ1) is 17.0. The van der Waals surface area contributed by atoms with E-state index in [2.05, 4.69) is 5.32 Å². The summed E-state index contributed by atoms with van der Waals surface area (Å²) in [5, 5.41) is 6.08. The summed E-state index contributed by atoms with van der Waals surface area (Å²) in [7, 11) is 0. The molecule has 4 heteroatoms. The predicted octanol–water partition coefficient (Wildman–Crippen LogP) is 4.41. The van der Waals surface area contributed by atoms with E-state index in [1.807, 2.05) is 74.5 Å². The first-order chi connectivity index (χ1) is 13.0. The number of fused-ring (bicyclic) bond motifs is 2. The SMILES string of the molecule is Cc1cc(=O)n(CC(=O)Nc2ccc3ccccc3c2)c2c(C)cccc12. The van der Waals surface area contributed by atoms with Crippen LogP contribution in [-0.2, 0) is 11.3 Å². The molecule has 0 spiro atoms. The largest absolute Gasteiger partial charge is 0.325 e. The number of aryl methyl sites for hydroxylation is 2. The molecule has 0 aliphatic rings. The van der Waals surface area contributed by atoms with E-state index >= 15 is 0 Å². The zero-order chi connectivity index (χ0) is 19.0. The minimum absolute atomic E-state index is 0.0205. The molecule has 0 fully saturated rings. The highest BCUT2D eigenvalue weighted by Crippen LogP contribution is 2.21. The quantitative estimate of drug-likeness (QED) is 0.591. The Labute approximate surface area is 157 Å². The van der Waals surface area contributed by atoms with E-state index in [9.17, 15) is 9.59 Å². The van der Waals surface area contributed by atoms with Gasteiger partial charge >= 0.3 is 0 Å². The summed E-state index contributed by atoms with van der Waals surface area (Å²) < 4.78 is 1.55. The first-order valence-corrected chi connectivity index (χ1v) is 8.91. The van der Waals surface area contributed by atoms with Crippen LogP contribution in [0.15, 0.2) is 71.5 Å². The summed E-state index contributed by atoms with van der Waals surface area (Å²) in [4.78, 5) is 25.2. The lowest BCUT2D eigenvalue weighted by atomic mass is 10.1. The Morgan fingerprint density at radius 2 is 1.67 bits per heavy atom. The van der Waals surface area contributed by atoms with Crippen LogP contribution in [0.3, 0.4) is 0 Å². The number of nitrogens with zero attached hydrogens (tertiary/aromatic N) is 1. The Hall–Kier alpha value is -3.40. The standard InChI is InChI=1S/C23H20N2O2/c1-15-6-5-9-20-16(2)12-22(27)25(23(15)20)14-21(26)24-19-11-10-17-7-3-4-8-18(17)13-19/h3-13H,14H2,1-2H3,(H,24,26). The zero-order valence-corrected chi connectivity index (χ0v) is 15.3. The molecule has 0 atom stereocenters. The molecule has 4 rings (SSSR count). The van der Waals surface area contributed by atoms with E-state index in [0.717, 1.165) is 38.5 Å². The molecule has 3 aromatic carbocycles. The fourth-order valence-corrected chi connectivity index (χ4v) is 3.55. The van der Waals surface area contributed by atoms with Crippen LogP contribution in [0.4, 0.5) is 5.69 Å². The van der Waals surface area contributed by atoms with Gasteiger partial charge in [0.25, 0.3) is 5.56 Å². The van der Waals surface area contributed by atoms with Crippen molar-refractivity contribution in [1.82, 2.24) is 4.57 Å². The number of para-hydroxylation sites is 1. The fraction of sp³-hybridized carbons (Fsp3) is 0.130. The van der Waals surface area contributed by atoms with Crippen molar-refractivity contribution in [1.29, 1.82) is 0 Å². The third kappa shape index (κ3) is 3.22. The normalized spacial score (nSPS) is 11.0. The van der Waals surface area contributed by atoms with E-state index in [1.54, 1.807) is 10.6 Å². The highest BCUT2D eigenvalue weighted by atomic mass is 16.2. The smallest absolute Gasteiger partial charge is 0.251 e. The number of nitrogens with one attached hydrogen (secondary N) is 1. The van der Waals surface area contributed by atoms with Gasteiger partial charge in [0.2, 0.25) is 5.91 Å². The van der Waals surface area contributed by atoms with Crippen molar-refractivity contribution in [3.63, 3.8) is 0 Å². The van der Waals surface area contributed by atoms with Gasteiger partial charge in [-0.25, -0.2) is 0 Å². The third-order valence-corrected chi connectivity index (χ3v) is 4.87. The number of pyridine rings is 1. The maximum Gasteiger partial charge on any atom is 0.251 e. The van der Waals surface area contributed by atoms with Crippen molar-refractivity contribution >= 4 is 33.3 Å². The average Bonchev–Trinajstić information content (AvgIpc) is 2.65. The van der Waals surface area contributed by atoms with Crippen LogP contribution in [0.5, 0.6) is 0 Å². The van der Waals surface area contributed by atoms with Gasteiger partial charge in [-0.2, -0.15) is 0 Å². The van der Waals surface area contributed by atoms with Crippen LogP contribution in [0.1, 0.15) is 11.1 Å². The van der Waals surface area contributed by atoms with Crippen molar-refractivity contribution < 1.29 is 4.79 Å². The minimum atomic E-state index is -0.221. The maximum absolute atomic E-state index is 12.6. The van der Waals surface area contributed by atoms with E-state index in [-0.39, 0.29) is 18.0 Å². The Morgan fingerprint density at radius 3 is 2.48 bits per heavy atom. The fourth-order valence-electron chi connectivity index (χ4n) is 3.55. The number of amides is 1. The van der Waals surface area contributed by atoms with Gasteiger partial charge in [-0.05, 0) is 47.9 Å². The Morgan fingerprint density at radius 1 is 0.889 bits per heavy atom. The number of anilines is 1. The molecule has 4 nitrogen and oxygen atoms in total. The first-order valence-electron chi connectivity index (χ1n) is 8.91. The van der Waals surface area contributed by atoms with Crippen LogP contribution in [-0.4, -0.2) is 10.5 Å². The second-order valence-electron chi connectivity index (χ2n) is 6.83. The number of carbonyl (C=O) groups excluding carboxylic acids is 1. The molecule has 0 saturated carbocycles. The summed E-state index contributed by atoms with van der Waals surface area (Å²) in [6.07, 6.45) is 0. The highest BCUT2D eigenvalue weighted by Gasteiger charge is 2.12. The van der Waals surface area contributed by atoms with E-state index in [4.69, 9.17) is 0 Å². The molecular weight excluding hydrogens is 336 g/mol. The third-order valence-electron chi connectivity index (χ3n) is 4.87. The van der Waals surface area contributed by atoms with Gasteiger partial charge in [-0.3, -0.25) is 14.2 Å². The van der Waals surface area contributed by atoms with Gasteiger partial charge in [0.05, 0.1) is 5.52 Å². The summed E-state index contributed by atoms with van der Waals surface area (Å²) in [5.74, 6) is -0.221.